The van der Waals surface area contributed by atoms with Crippen molar-refractivity contribution >= 4 is 5.91 Å². The van der Waals surface area contributed by atoms with E-state index < -0.39 is 0 Å². The molecule has 1 fully saturated rings. The van der Waals surface area contributed by atoms with Crippen LogP contribution in [0.2, 0.25) is 0 Å². The Bertz CT molecular complexity index is 153. The summed E-state index contributed by atoms with van der Waals surface area (Å²) in [5.41, 5.74) is 2.42. The van der Waals surface area contributed by atoms with Crippen LogP contribution in [0.5, 0.6) is 0 Å². The number of hydrogen-bond acceptors (Lipinski definition) is 2. The first-order valence-electron chi connectivity index (χ1n) is 5.23. The smallest absolute Gasteiger partial charge is 0.243 e. The van der Waals surface area contributed by atoms with E-state index in [0.29, 0.717) is 13.0 Å². The normalized spacial score (nSPS) is 17.6. The van der Waals surface area contributed by atoms with Gasteiger partial charge in [-0.3, -0.25) is 9.63 Å². The monoisotopic (exact) mass is 185 g/mol. The van der Waals surface area contributed by atoms with Crippen molar-refractivity contribution in [3.63, 3.8) is 0 Å². The quantitative estimate of drug-likeness (QED) is 0.665. The summed E-state index contributed by atoms with van der Waals surface area (Å²) in [5.74, 6) is 0.807. The maximum absolute atomic E-state index is 11.1. The van der Waals surface area contributed by atoms with Crippen molar-refractivity contribution < 1.29 is 9.63 Å². The number of rotatable bonds is 5. The van der Waals surface area contributed by atoms with Crippen molar-refractivity contribution in [3.05, 3.63) is 0 Å². The fraction of sp³-hybridized carbons (Fsp3) is 0.900. The van der Waals surface area contributed by atoms with E-state index in [1.165, 1.54) is 25.7 Å². The van der Waals surface area contributed by atoms with Gasteiger partial charge >= 0.3 is 0 Å². The molecule has 0 radical (unpaired) electrons. The third kappa shape index (κ3) is 4.27. The predicted octanol–water partition coefficient (Wildman–Crippen LogP) is 2.02. The Morgan fingerprint density at radius 2 is 2.15 bits per heavy atom. The maximum atomic E-state index is 11.1. The number of carbonyl (C=O) groups is 1. The largest absolute Gasteiger partial charge is 0.274 e. The molecule has 0 heterocycles. The zero-order chi connectivity index (χ0) is 9.52. The molecule has 0 unspecified atom stereocenters. The zero-order valence-electron chi connectivity index (χ0n) is 8.34. The van der Waals surface area contributed by atoms with Crippen LogP contribution in [0.15, 0.2) is 0 Å². The summed E-state index contributed by atoms with van der Waals surface area (Å²) in [6, 6.07) is 0. The molecule has 0 aromatic rings. The Hall–Kier alpha value is -0.570. The highest BCUT2D eigenvalue weighted by Gasteiger charge is 2.15. The molecule has 0 saturated heterocycles. The molecule has 1 saturated carbocycles. The molecular formula is C10H19NO2. The van der Waals surface area contributed by atoms with Gasteiger partial charge in [0.25, 0.3) is 0 Å². The van der Waals surface area contributed by atoms with Crippen LogP contribution in [0.3, 0.4) is 0 Å². The molecule has 0 bridgehead atoms. The molecule has 1 aliphatic carbocycles. The second kappa shape index (κ2) is 5.97. The minimum absolute atomic E-state index is 0.0220. The molecule has 76 valence electrons. The Morgan fingerprint density at radius 1 is 1.46 bits per heavy atom. The molecule has 1 N–H and O–H groups in total. The van der Waals surface area contributed by atoms with Gasteiger partial charge in [0.05, 0.1) is 6.61 Å². The molecule has 0 atom stereocenters. The summed E-state index contributed by atoms with van der Waals surface area (Å²) < 4.78 is 0. The van der Waals surface area contributed by atoms with Crippen LogP contribution in [0, 0.1) is 5.92 Å². The molecule has 1 rings (SSSR count). The minimum atomic E-state index is 0.0220. The SMILES string of the molecule is CCONC(=O)CCC1CCCC1. The summed E-state index contributed by atoms with van der Waals surface area (Å²) in [7, 11) is 0. The summed E-state index contributed by atoms with van der Waals surface area (Å²) in [6.07, 6.45) is 6.95. The highest BCUT2D eigenvalue weighted by Crippen LogP contribution is 2.28. The summed E-state index contributed by atoms with van der Waals surface area (Å²) in [4.78, 5) is 15.9. The molecule has 3 nitrogen and oxygen atoms in total. The average Bonchev–Trinajstić information content (AvgIpc) is 2.64. The van der Waals surface area contributed by atoms with Crippen LogP contribution in [-0.4, -0.2) is 12.5 Å². The predicted molar refractivity (Wildman–Crippen MR) is 51.0 cm³/mol. The lowest BCUT2D eigenvalue weighted by molar-refractivity contribution is -0.133. The first kappa shape index (κ1) is 10.5. The van der Waals surface area contributed by atoms with Crippen molar-refractivity contribution in [1.82, 2.24) is 5.48 Å². The van der Waals surface area contributed by atoms with Crippen molar-refractivity contribution in [2.24, 2.45) is 5.92 Å². The van der Waals surface area contributed by atoms with E-state index in [2.05, 4.69) is 5.48 Å². The molecule has 13 heavy (non-hydrogen) atoms. The maximum Gasteiger partial charge on any atom is 0.243 e. The number of hydroxylamine groups is 1. The van der Waals surface area contributed by atoms with Gasteiger partial charge in [-0.1, -0.05) is 25.7 Å². The van der Waals surface area contributed by atoms with Gasteiger partial charge in [-0.15, -0.1) is 0 Å². The number of carbonyl (C=O) groups excluding carboxylic acids is 1. The van der Waals surface area contributed by atoms with Crippen LogP contribution < -0.4 is 5.48 Å². The topological polar surface area (TPSA) is 38.3 Å². The molecular weight excluding hydrogens is 166 g/mol. The lowest BCUT2D eigenvalue weighted by Gasteiger charge is -2.08. The standard InChI is InChI=1S/C10H19NO2/c1-2-13-11-10(12)8-7-9-5-3-4-6-9/h9H,2-8H2,1H3,(H,11,12). The number of hydrogen-bond donors (Lipinski definition) is 1. The fourth-order valence-electron chi connectivity index (χ4n) is 1.84. The first-order chi connectivity index (χ1) is 6.33. The van der Waals surface area contributed by atoms with Gasteiger partial charge in [0.2, 0.25) is 5.91 Å². The van der Waals surface area contributed by atoms with Gasteiger partial charge in [0.1, 0.15) is 0 Å². The molecule has 3 heteroatoms. The molecule has 0 aromatic heterocycles. The Morgan fingerprint density at radius 3 is 2.77 bits per heavy atom. The van der Waals surface area contributed by atoms with Gasteiger partial charge in [-0.2, -0.15) is 0 Å². The number of nitrogens with one attached hydrogen (secondary N) is 1. The van der Waals surface area contributed by atoms with Crippen LogP contribution in [-0.2, 0) is 9.63 Å². The van der Waals surface area contributed by atoms with Crippen LogP contribution in [0.25, 0.3) is 0 Å². The van der Waals surface area contributed by atoms with E-state index in [1.54, 1.807) is 0 Å². The summed E-state index contributed by atoms with van der Waals surface area (Å²) in [6.45, 7) is 2.40. The van der Waals surface area contributed by atoms with Crippen LogP contribution in [0.1, 0.15) is 45.4 Å². The number of amides is 1. The first-order valence-corrected chi connectivity index (χ1v) is 5.23. The van der Waals surface area contributed by atoms with Gasteiger partial charge in [0, 0.05) is 6.42 Å². The molecule has 1 amide bonds. The zero-order valence-corrected chi connectivity index (χ0v) is 8.34. The minimum Gasteiger partial charge on any atom is -0.274 e. The van der Waals surface area contributed by atoms with Crippen molar-refractivity contribution in [1.29, 1.82) is 0 Å². The highest BCUT2D eigenvalue weighted by atomic mass is 16.6. The Kier molecular flexibility index (Phi) is 4.83. The van der Waals surface area contributed by atoms with Gasteiger partial charge in [-0.05, 0) is 19.3 Å². The lowest BCUT2D eigenvalue weighted by Crippen LogP contribution is -2.23. The molecule has 0 aromatic carbocycles. The summed E-state index contributed by atoms with van der Waals surface area (Å²) >= 11 is 0. The van der Waals surface area contributed by atoms with Gasteiger partial charge in [0.15, 0.2) is 0 Å². The highest BCUT2D eigenvalue weighted by molar-refractivity contribution is 5.74. The van der Waals surface area contributed by atoms with Crippen molar-refractivity contribution in [2.75, 3.05) is 6.61 Å². The van der Waals surface area contributed by atoms with E-state index in [1.807, 2.05) is 6.92 Å². The van der Waals surface area contributed by atoms with Gasteiger partial charge in [-0.25, -0.2) is 5.48 Å². The van der Waals surface area contributed by atoms with E-state index in [9.17, 15) is 4.79 Å². The Balaban J connectivity index is 2.00. The van der Waals surface area contributed by atoms with E-state index >= 15 is 0 Å². The molecule has 0 spiro atoms. The van der Waals surface area contributed by atoms with Crippen molar-refractivity contribution in [2.45, 2.75) is 45.4 Å². The fourth-order valence-corrected chi connectivity index (χ4v) is 1.84. The van der Waals surface area contributed by atoms with Crippen LogP contribution in [0.4, 0.5) is 0 Å². The average molecular weight is 185 g/mol. The van der Waals surface area contributed by atoms with E-state index in [4.69, 9.17) is 4.84 Å². The van der Waals surface area contributed by atoms with Crippen molar-refractivity contribution in [3.8, 4) is 0 Å². The second-order valence-corrected chi connectivity index (χ2v) is 3.65. The lowest BCUT2D eigenvalue weighted by atomic mass is 10.0. The second-order valence-electron chi connectivity index (χ2n) is 3.65. The van der Waals surface area contributed by atoms with Crippen LogP contribution >= 0.6 is 0 Å². The third-order valence-corrected chi connectivity index (χ3v) is 2.58. The van der Waals surface area contributed by atoms with E-state index in [-0.39, 0.29) is 5.91 Å². The third-order valence-electron chi connectivity index (χ3n) is 2.58. The Labute approximate surface area is 79.8 Å². The van der Waals surface area contributed by atoms with Gasteiger partial charge < -0.3 is 0 Å². The van der Waals surface area contributed by atoms with E-state index in [0.717, 1.165) is 12.3 Å². The summed E-state index contributed by atoms with van der Waals surface area (Å²) in [5, 5.41) is 0. The molecule has 1 aliphatic rings. The molecule has 0 aliphatic heterocycles.